The molecule has 0 heterocycles. The summed E-state index contributed by atoms with van der Waals surface area (Å²) in [5.74, 6) is -0.358. The summed E-state index contributed by atoms with van der Waals surface area (Å²) in [4.78, 5) is 29.1. The predicted octanol–water partition coefficient (Wildman–Crippen LogP) is 5.91. The molecule has 0 bridgehead atoms. The van der Waals surface area contributed by atoms with Crippen molar-refractivity contribution in [1.82, 2.24) is 10.2 Å². The van der Waals surface area contributed by atoms with E-state index in [4.69, 9.17) is 0 Å². The van der Waals surface area contributed by atoms with Gasteiger partial charge in [-0.1, -0.05) is 93.8 Å². The molecule has 3 aromatic carbocycles. The Kier molecular flexibility index (Phi) is 10.8. The van der Waals surface area contributed by atoms with E-state index in [1.165, 1.54) is 23.5 Å². The van der Waals surface area contributed by atoms with Crippen LogP contribution in [0.2, 0.25) is 0 Å². The number of nitrogens with one attached hydrogen (secondary N) is 1. The number of sulfonamides is 1. The van der Waals surface area contributed by atoms with Gasteiger partial charge in [-0.3, -0.25) is 13.9 Å². The van der Waals surface area contributed by atoms with Crippen LogP contribution in [-0.2, 0) is 26.0 Å². The molecular weight excluding hydrogens is 546 g/mol. The number of anilines is 1. The molecule has 7 nitrogen and oxygen atoms in total. The van der Waals surface area contributed by atoms with Gasteiger partial charge in [-0.2, -0.15) is 0 Å². The summed E-state index contributed by atoms with van der Waals surface area (Å²) in [6.07, 6.45) is 5.75. The van der Waals surface area contributed by atoms with Crippen molar-refractivity contribution in [1.29, 1.82) is 0 Å². The van der Waals surface area contributed by atoms with Crippen molar-refractivity contribution >= 4 is 27.5 Å². The smallest absolute Gasteiger partial charge is 0.264 e. The van der Waals surface area contributed by atoms with E-state index in [1.54, 1.807) is 37.3 Å². The molecule has 224 valence electrons. The van der Waals surface area contributed by atoms with Crippen molar-refractivity contribution in [3.8, 4) is 0 Å². The summed E-state index contributed by atoms with van der Waals surface area (Å²) in [6, 6.07) is 24.6. The highest BCUT2D eigenvalue weighted by Crippen LogP contribution is 2.26. The normalized spacial score (nSPS) is 14.8. The second kappa shape index (κ2) is 14.5. The molecule has 4 rings (SSSR count). The van der Waals surface area contributed by atoms with Gasteiger partial charge in [0.05, 0.1) is 10.6 Å². The average molecular weight is 590 g/mol. The number of benzene rings is 3. The quantitative estimate of drug-likeness (QED) is 0.284. The second-order valence-corrected chi connectivity index (χ2v) is 13.3. The van der Waals surface area contributed by atoms with E-state index >= 15 is 0 Å². The Hall–Kier alpha value is -3.65. The molecule has 1 saturated carbocycles. The predicted molar refractivity (Wildman–Crippen MR) is 168 cm³/mol. The molecular formula is C34H43N3O4S. The third-order valence-corrected chi connectivity index (χ3v) is 9.85. The Morgan fingerprint density at radius 3 is 2.02 bits per heavy atom. The van der Waals surface area contributed by atoms with Crippen molar-refractivity contribution in [2.24, 2.45) is 0 Å². The van der Waals surface area contributed by atoms with Gasteiger partial charge in [0.1, 0.15) is 12.6 Å². The Balaban J connectivity index is 1.63. The lowest BCUT2D eigenvalue weighted by Gasteiger charge is -2.33. The summed E-state index contributed by atoms with van der Waals surface area (Å²) >= 11 is 0. The molecule has 0 aliphatic heterocycles. The van der Waals surface area contributed by atoms with Crippen molar-refractivity contribution in [3.05, 3.63) is 96.1 Å². The van der Waals surface area contributed by atoms with Crippen LogP contribution in [0.3, 0.4) is 0 Å². The van der Waals surface area contributed by atoms with Gasteiger partial charge in [-0.15, -0.1) is 0 Å². The summed E-state index contributed by atoms with van der Waals surface area (Å²) in [6.45, 7) is 5.74. The minimum Gasteiger partial charge on any atom is -0.352 e. The number of carbonyl (C=O) groups is 2. The lowest BCUT2D eigenvalue weighted by atomic mass is 9.95. The van der Waals surface area contributed by atoms with Crippen LogP contribution in [-0.4, -0.2) is 50.3 Å². The number of carbonyl (C=O) groups excluding carboxylic acids is 2. The third-order valence-electron chi connectivity index (χ3n) is 8.06. The van der Waals surface area contributed by atoms with Gasteiger partial charge in [-0.25, -0.2) is 8.42 Å². The van der Waals surface area contributed by atoms with Crippen molar-refractivity contribution < 1.29 is 18.0 Å². The van der Waals surface area contributed by atoms with Crippen molar-refractivity contribution in [3.63, 3.8) is 0 Å². The number of nitrogens with zero attached hydrogens (tertiary/aromatic N) is 2. The molecule has 1 fully saturated rings. The standard InChI is InChI=1S/C34H43N3O4S/c1-26(2)29-19-21-31(22-20-29)37(42(40,41)32-17-11-6-12-18-32)25-33(38)36(24-23-28-13-7-4-8-14-28)27(3)34(39)35-30-15-9-5-10-16-30/h4,6-8,11-14,17-22,26-27,30H,5,9-10,15-16,23-25H2,1-3H3,(H,35,39)/t27-/m1/s1. The topological polar surface area (TPSA) is 86.8 Å². The summed E-state index contributed by atoms with van der Waals surface area (Å²) < 4.78 is 29.0. The first-order valence-corrected chi connectivity index (χ1v) is 16.4. The molecule has 0 saturated heterocycles. The third kappa shape index (κ3) is 8.00. The van der Waals surface area contributed by atoms with Crippen molar-refractivity contribution in [2.75, 3.05) is 17.4 Å². The van der Waals surface area contributed by atoms with Gasteiger partial charge in [0, 0.05) is 12.6 Å². The van der Waals surface area contributed by atoms with Crippen LogP contribution in [0.4, 0.5) is 5.69 Å². The SMILES string of the molecule is CC(C)c1ccc(N(CC(=O)N(CCc2ccccc2)[C@H](C)C(=O)NC2CCCCC2)S(=O)(=O)c2ccccc2)cc1. The largest absolute Gasteiger partial charge is 0.352 e. The molecule has 8 heteroatoms. The zero-order valence-electron chi connectivity index (χ0n) is 24.9. The molecule has 1 aliphatic carbocycles. The monoisotopic (exact) mass is 589 g/mol. The zero-order valence-corrected chi connectivity index (χ0v) is 25.7. The van der Waals surface area contributed by atoms with Gasteiger partial charge in [-0.05, 0) is 67.5 Å². The highest BCUT2D eigenvalue weighted by molar-refractivity contribution is 7.92. The maximum atomic E-state index is 14.1. The van der Waals surface area contributed by atoms with E-state index in [1.807, 2.05) is 42.5 Å². The molecule has 3 aromatic rings. The fraction of sp³-hybridized carbons (Fsp3) is 0.412. The van der Waals surface area contributed by atoms with E-state index in [2.05, 4.69) is 19.2 Å². The lowest BCUT2D eigenvalue weighted by molar-refractivity contribution is -0.139. The fourth-order valence-corrected chi connectivity index (χ4v) is 6.85. The summed E-state index contributed by atoms with van der Waals surface area (Å²) in [7, 11) is -4.07. The number of amides is 2. The van der Waals surface area contributed by atoms with Crippen LogP contribution in [0.5, 0.6) is 0 Å². The molecule has 0 aromatic heterocycles. The molecule has 1 N–H and O–H groups in total. The fourth-order valence-electron chi connectivity index (χ4n) is 5.41. The first kappa shape index (κ1) is 31.3. The van der Waals surface area contributed by atoms with Crippen LogP contribution < -0.4 is 9.62 Å². The maximum Gasteiger partial charge on any atom is 0.264 e. The minimum atomic E-state index is -4.07. The number of hydrogen-bond acceptors (Lipinski definition) is 4. The Morgan fingerprint density at radius 1 is 0.833 bits per heavy atom. The Bertz CT molecular complexity index is 1400. The van der Waals surface area contributed by atoms with E-state index in [-0.39, 0.29) is 29.3 Å². The van der Waals surface area contributed by atoms with E-state index in [0.29, 0.717) is 12.1 Å². The molecule has 2 amide bonds. The van der Waals surface area contributed by atoms with Crippen LogP contribution >= 0.6 is 0 Å². The van der Waals surface area contributed by atoms with Crippen LogP contribution in [0, 0.1) is 0 Å². The van der Waals surface area contributed by atoms with Gasteiger partial charge in [0.25, 0.3) is 10.0 Å². The highest BCUT2D eigenvalue weighted by Gasteiger charge is 2.33. The summed E-state index contributed by atoms with van der Waals surface area (Å²) in [5.41, 5.74) is 2.51. The van der Waals surface area contributed by atoms with Gasteiger partial charge < -0.3 is 10.2 Å². The van der Waals surface area contributed by atoms with Gasteiger partial charge in [0.2, 0.25) is 11.8 Å². The van der Waals surface area contributed by atoms with Gasteiger partial charge >= 0.3 is 0 Å². The van der Waals surface area contributed by atoms with Crippen LogP contribution in [0.1, 0.15) is 69.9 Å². The Morgan fingerprint density at radius 2 is 1.43 bits per heavy atom. The highest BCUT2D eigenvalue weighted by atomic mass is 32.2. The molecule has 0 spiro atoms. The maximum absolute atomic E-state index is 14.1. The molecule has 1 aliphatic rings. The molecule has 0 unspecified atom stereocenters. The first-order valence-electron chi connectivity index (χ1n) is 15.0. The Labute approximate surface area is 251 Å². The molecule has 42 heavy (non-hydrogen) atoms. The molecule has 1 atom stereocenters. The number of hydrogen-bond donors (Lipinski definition) is 1. The average Bonchev–Trinajstić information content (AvgIpc) is 3.01. The summed E-state index contributed by atoms with van der Waals surface area (Å²) in [5, 5.41) is 3.15. The van der Waals surface area contributed by atoms with Crippen LogP contribution in [0.25, 0.3) is 0 Å². The van der Waals surface area contributed by atoms with E-state index in [0.717, 1.165) is 41.1 Å². The van der Waals surface area contributed by atoms with Crippen LogP contribution in [0.15, 0.2) is 89.8 Å². The van der Waals surface area contributed by atoms with Gasteiger partial charge in [0.15, 0.2) is 0 Å². The first-order chi connectivity index (χ1) is 20.2. The molecule has 0 radical (unpaired) electrons. The lowest BCUT2D eigenvalue weighted by Crippen LogP contribution is -2.53. The zero-order chi connectivity index (χ0) is 30.1. The number of rotatable bonds is 12. The minimum absolute atomic E-state index is 0.102. The van der Waals surface area contributed by atoms with E-state index in [9.17, 15) is 18.0 Å². The second-order valence-electron chi connectivity index (χ2n) is 11.4. The van der Waals surface area contributed by atoms with E-state index < -0.39 is 28.5 Å². The van der Waals surface area contributed by atoms with Crippen molar-refractivity contribution in [2.45, 2.75) is 82.2 Å².